The summed E-state index contributed by atoms with van der Waals surface area (Å²) in [6.45, 7) is 2.62. The predicted molar refractivity (Wildman–Crippen MR) is 62.8 cm³/mol. The van der Waals surface area contributed by atoms with E-state index in [9.17, 15) is 4.79 Å². The van der Waals surface area contributed by atoms with Gasteiger partial charge in [-0.3, -0.25) is 9.89 Å². The van der Waals surface area contributed by atoms with E-state index in [-0.39, 0.29) is 11.9 Å². The van der Waals surface area contributed by atoms with Gasteiger partial charge in [-0.05, 0) is 19.8 Å². The standard InChI is InChI=1S/C12H14N4O2/c1-8-5-11(18-15-8)10-3-2-4-16(10)12(17)9-6-13-14-7-9/h5-7,10H,2-4H2,1H3,(H,13,14). The van der Waals surface area contributed by atoms with Crippen LogP contribution in [-0.2, 0) is 0 Å². The minimum Gasteiger partial charge on any atom is -0.359 e. The normalized spacial score (nSPS) is 19.4. The molecule has 1 fully saturated rings. The minimum absolute atomic E-state index is 0.00593. The zero-order chi connectivity index (χ0) is 12.5. The molecule has 3 rings (SSSR count). The van der Waals surface area contributed by atoms with Crippen molar-refractivity contribution >= 4 is 5.91 Å². The number of carbonyl (C=O) groups excluding carboxylic acids is 1. The summed E-state index contributed by atoms with van der Waals surface area (Å²) in [5, 5.41) is 10.4. The van der Waals surface area contributed by atoms with E-state index < -0.39 is 0 Å². The van der Waals surface area contributed by atoms with Crippen LogP contribution >= 0.6 is 0 Å². The van der Waals surface area contributed by atoms with Gasteiger partial charge in [0.15, 0.2) is 5.76 Å². The van der Waals surface area contributed by atoms with E-state index in [0.717, 1.165) is 30.8 Å². The van der Waals surface area contributed by atoms with Gasteiger partial charge in [0.2, 0.25) is 0 Å². The lowest BCUT2D eigenvalue weighted by molar-refractivity contribution is 0.0714. The third-order valence-corrected chi connectivity index (χ3v) is 3.23. The Morgan fingerprint density at radius 3 is 3.17 bits per heavy atom. The first-order valence-electron chi connectivity index (χ1n) is 5.98. The van der Waals surface area contributed by atoms with Crippen molar-refractivity contribution in [2.24, 2.45) is 0 Å². The molecule has 18 heavy (non-hydrogen) atoms. The maximum Gasteiger partial charge on any atom is 0.257 e. The van der Waals surface area contributed by atoms with E-state index in [4.69, 9.17) is 4.52 Å². The fourth-order valence-corrected chi connectivity index (χ4v) is 2.38. The zero-order valence-electron chi connectivity index (χ0n) is 10.1. The number of aromatic nitrogens is 3. The molecule has 1 aliphatic heterocycles. The van der Waals surface area contributed by atoms with Gasteiger partial charge >= 0.3 is 0 Å². The summed E-state index contributed by atoms with van der Waals surface area (Å²) >= 11 is 0. The molecule has 0 aliphatic carbocycles. The van der Waals surface area contributed by atoms with Crippen molar-refractivity contribution in [3.8, 4) is 0 Å². The Labute approximate surface area is 104 Å². The van der Waals surface area contributed by atoms with E-state index in [1.54, 1.807) is 12.4 Å². The summed E-state index contributed by atoms with van der Waals surface area (Å²) in [4.78, 5) is 14.1. The number of hydrogen-bond donors (Lipinski definition) is 1. The second-order valence-electron chi connectivity index (χ2n) is 4.51. The second kappa shape index (κ2) is 4.29. The first-order chi connectivity index (χ1) is 8.75. The molecule has 6 nitrogen and oxygen atoms in total. The lowest BCUT2D eigenvalue weighted by Gasteiger charge is -2.21. The first kappa shape index (κ1) is 11.0. The number of H-pyrrole nitrogens is 1. The van der Waals surface area contributed by atoms with Gasteiger partial charge in [0.05, 0.1) is 23.5 Å². The monoisotopic (exact) mass is 246 g/mol. The summed E-state index contributed by atoms with van der Waals surface area (Å²) < 4.78 is 5.28. The highest BCUT2D eigenvalue weighted by Gasteiger charge is 2.33. The van der Waals surface area contributed by atoms with Crippen molar-refractivity contribution in [2.75, 3.05) is 6.54 Å². The number of nitrogens with zero attached hydrogens (tertiary/aromatic N) is 3. The van der Waals surface area contributed by atoms with Crippen molar-refractivity contribution < 1.29 is 9.32 Å². The lowest BCUT2D eigenvalue weighted by Crippen LogP contribution is -2.30. The van der Waals surface area contributed by atoms with Crippen LogP contribution in [0.3, 0.4) is 0 Å². The Hall–Kier alpha value is -2.11. The molecule has 1 unspecified atom stereocenters. The highest BCUT2D eigenvalue weighted by molar-refractivity contribution is 5.94. The molecule has 0 spiro atoms. The van der Waals surface area contributed by atoms with Gasteiger partial charge in [0, 0.05) is 18.8 Å². The predicted octanol–water partition coefficient (Wildman–Crippen LogP) is 1.68. The molecule has 2 aromatic rings. The smallest absolute Gasteiger partial charge is 0.257 e. The maximum atomic E-state index is 12.3. The average molecular weight is 246 g/mol. The van der Waals surface area contributed by atoms with Crippen LogP contribution in [0.15, 0.2) is 23.0 Å². The Balaban J connectivity index is 1.85. The van der Waals surface area contributed by atoms with Crippen LogP contribution in [-0.4, -0.2) is 32.7 Å². The van der Waals surface area contributed by atoms with Gasteiger partial charge in [-0.15, -0.1) is 0 Å². The van der Waals surface area contributed by atoms with Gasteiger partial charge in [-0.25, -0.2) is 0 Å². The molecule has 0 bridgehead atoms. The fraction of sp³-hybridized carbons (Fsp3) is 0.417. The molecular weight excluding hydrogens is 232 g/mol. The fourth-order valence-electron chi connectivity index (χ4n) is 2.38. The number of amides is 1. The molecular formula is C12H14N4O2. The Kier molecular flexibility index (Phi) is 2.62. The van der Waals surface area contributed by atoms with Crippen molar-refractivity contribution in [3.05, 3.63) is 35.5 Å². The number of rotatable bonds is 2. The minimum atomic E-state index is -0.0136. The quantitative estimate of drug-likeness (QED) is 0.874. The Bertz CT molecular complexity index is 546. The maximum absolute atomic E-state index is 12.3. The molecule has 2 aromatic heterocycles. The van der Waals surface area contributed by atoms with Crippen molar-refractivity contribution in [1.29, 1.82) is 0 Å². The van der Waals surface area contributed by atoms with E-state index in [1.807, 2.05) is 17.9 Å². The second-order valence-corrected chi connectivity index (χ2v) is 4.51. The van der Waals surface area contributed by atoms with Crippen LogP contribution in [0.5, 0.6) is 0 Å². The third-order valence-electron chi connectivity index (χ3n) is 3.23. The van der Waals surface area contributed by atoms with Crippen molar-refractivity contribution in [1.82, 2.24) is 20.3 Å². The highest BCUT2D eigenvalue weighted by Crippen LogP contribution is 2.33. The van der Waals surface area contributed by atoms with E-state index in [0.29, 0.717) is 5.56 Å². The summed E-state index contributed by atoms with van der Waals surface area (Å²) in [6.07, 6.45) is 5.05. The zero-order valence-corrected chi connectivity index (χ0v) is 10.1. The Morgan fingerprint density at radius 2 is 2.50 bits per heavy atom. The van der Waals surface area contributed by atoms with Gasteiger partial charge < -0.3 is 9.42 Å². The summed E-state index contributed by atoms with van der Waals surface area (Å²) in [7, 11) is 0. The molecule has 3 heterocycles. The van der Waals surface area contributed by atoms with E-state index in [1.165, 1.54) is 0 Å². The van der Waals surface area contributed by atoms with Gasteiger partial charge in [0.25, 0.3) is 5.91 Å². The molecule has 94 valence electrons. The van der Waals surface area contributed by atoms with E-state index in [2.05, 4.69) is 15.4 Å². The summed E-state index contributed by atoms with van der Waals surface area (Å²) in [5.41, 5.74) is 1.42. The van der Waals surface area contributed by atoms with Crippen molar-refractivity contribution in [3.63, 3.8) is 0 Å². The molecule has 1 N–H and O–H groups in total. The molecule has 1 aliphatic rings. The number of nitrogens with one attached hydrogen (secondary N) is 1. The average Bonchev–Trinajstić information content (AvgIpc) is 3.09. The molecule has 1 atom stereocenters. The third kappa shape index (κ3) is 1.79. The number of carbonyl (C=O) groups is 1. The molecule has 1 amide bonds. The van der Waals surface area contributed by atoms with Crippen molar-refractivity contribution in [2.45, 2.75) is 25.8 Å². The summed E-state index contributed by atoms with van der Waals surface area (Å²) in [5.74, 6) is 0.752. The van der Waals surface area contributed by atoms with Gasteiger partial charge in [-0.1, -0.05) is 5.16 Å². The number of likely N-dealkylation sites (tertiary alicyclic amines) is 1. The highest BCUT2D eigenvalue weighted by atomic mass is 16.5. The van der Waals surface area contributed by atoms with Gasteiger partial charge in [-0.2, -0.15) is 5.10 Å². The van der Waals surface area contributed by atoms with Crippen LogP contribution < -0.4 is 0 Å². The summed E-state index contributed by atoms with van der Waals surface area (Å²) in [6, 6.07) is 1.89. The lowest BCUT2D eigenvalue weighted by atomic mass is 10.1. The number of hydrogen-bond acceptors (Lipinski definition) is 4. The molecule has 0 aromatic carbocycles. The van der Waals surface area contributed by atoms with Crippen LogP contribution in [0.2, 0.25) is 0 Å². The topological polar surface area (TPSA) is 75.0 Å². The Morgan fingerprint density at radius 1 is 1.61 bits per heavy atom. The number of aromatic amines is 1. The van der Waals surface area contributed by atoms with E-state index >= 15 is 0 Å². The first-order valence-corrected chi connectivity index (χ1v) is 5.98. The largest absolute Gasteiger partial charge is 0.359 e. The molecule has 0 saturated carbocycles. The van der Waals surface area contributed by atoms with Gasteiger partial charge in [0.1, 0.15) is 0 Å². The van der Waals surface area contributed by atoms with Crippen LogP contribution in [0.1, 0.15) is 40.7 Å². The number of aryl methyl sites for hydroxylation is 1. The SMILES string of the molecule is Cc1cc(C2CCCN2C(=O)c2cn[nH]c2)on1. The molecule has 6 heteroatoms. The molecule has 0 radical (unpaired) electrons. The van der Waals surface area contributed by atoms with Crippen LogP contribution in [0.4, 0.5) is 0 Å². The van der Waals surface area contributed by atoms with Crippen LogP contribution in [0.25, 0.3) is 0 Å². The molecule has 1 saturated heterocycles. The van der Waals surface area contributed by atoms with Crippen LogP contribution in [0, 0.1) is 6.92 Å².